The van der Waals surface area contributed by atoms with Crippen molar-refractivity contribution in [1.82, 2.24) is 20.1 Å². The van der Waals surface area contributed by atoms with Crippen molar-refractivity contribution in [3.8, 4) is 0 Å². The Bertz CT molecular complexity index is 1800. The van der Waals surface area contributed by atoms with Crippen molar-refractivity contribution in [2.75, 3.05) is 0 Å². The monoisotopic (exact) mass is 598 g/mol. The van der Waals surface area contributed by atoms with Gasteiger partial charge in [0.05, 0.1) is 5.56 Å². The Morgan fingerprint density at radius 1 is 1.05 bits per heavy atom. The van der Waals surface area contributed by atoms with Crippen LogP contribution in [-0.2, 0) is 23.8 Å². The Kier molecular flexibility index (Phi) is 6.89. The summed E-state index contributed by atoms with van der Waals surface area (Å²) >= 11 is 0. The van der Waals surface area contributed by atoms with Gasteiger partial charge in [0.15, 0.2) is 5.78 Å². The van der Waals surface area contributed by atoms with Crippen LogP contribution in [0, 0.1) is 5.82 Å². The molecule has 1 aliphatic heterocycles. The quantitative estimate of drug-likeness (QED) is 0.261. The van der Waals surface area contributed by atoms with E-state index >= 15 is 0 Å². The van der Waals surface area contributed by atoms with Crippen LogP contribution in [0.1, 0.15) is 58.7 Å². The second-order valence-corrected chi connectivity index (χ2v) is 11.1. The molecule has 0 bridgehead atoms. The van der Waals surface area contributed by atoms with Crippen LogP contribution >= 0.6 is 0 Å². The number of fused-ring (bicyclic) bond motifs is 2. The van der Waals surface area contributed by atoms with Gasteiger partial charge in [0.25, 0.3) is 11.8 Å². The zero-order valence-electron chi connectivity index (χ0n) is 22.7. The number of nitrogens with zero attached hydrogens (tertiary/aromatic N) is 3. The lowest BCUT2D eigenvalue weighted by Gasteiger charge is -2.35. The van der Waals surface area contributed by atoms with E-state index < -0.39 is 54.3 Å². The number of Topliss-reactive ketones (excluding diaryl/α,β-unsaturated/α-hetero) is 1. The SMILES string of the molecule is CC1=C(C(=O)Cc2ccc3cnccc3c2)C(c2ccc(C(F)(F)F)c(F)c2)n2nc(C(=O)NC3CC(F)(F)C3)cc2C1. The Hall–Kier alpha value is -4.48. The highest BCUT2D eigenvalue weighted by Crippen LogP contribution is 2.40. The third kappa shape index (κ3) is 5.53. The molecule has 3 heterocycles. The average Bonchev–Trinajstić information content (AvgIpc) is 3.34. The van der Waals surface area contributed by atoms with E-state index in [2.05, 4.69) is 15.4 Å². The molecule has 4 aromatic rings. The number of allylic oxidation sites excluding steroid dienone is 2. The first-order chi connectivity index (χ1) is 20.3. The molecule has 1 saturated carbocycles. The van der Waals surface area contributed by atoms with Gasteiger partial charge in [-0.15, -0.1) is 0 Å². The van der Waals surface area contributed by atoms with Crippen molar-refractivity contribution >= 4 is 22.5 Å². The number of ketones is 1. The van der Waals surface area contributed by atoms with Gasteiger partial charge in [0.1, 0.15) is 17.6 Å². The molecular formula is C31H24F6N4O2. The van der Waals surface area contributed by atoms with E-state index in [-0.39, 0.29) is 35.5 Å². The van der Waals surface area contributed by atoms with Crippen molar-refractivity contribution in [1.29, 1.82) is 0 Å². The summed E-state index contributed by atoms with van der Waals surface area (Å²) in [6.07, 6.45) is -2.47. The molecule has 2 aliphatic rings. The van der Waals surface area contributed by atoms with Gasteiger partial charge in [-0.3, -0.25) is 19.3 Å². The average molecular weight is 599 g/mol. The fourth-order valence-corrected chi connectivity index (χ4v) is 5.80. The van der Waals surface area contributed by atoms with Gasteiger partial charge in [0, 0.05) is 60.8 Å². The van der Waals surface area contributed by atoms with E-state index in [1.807, 2.05) is 12.1 Å². The van der Waals surface area contributed by atoms with Gasteiger partial charge in [-0.05, 0) is 47.7 Å². The van der Waals surface area contributed by atoms with E-state index in [4.69, 9.17) is 0 Å². The molecule has 0 saturated heterocycles. The van der Waals surface area contributed by atoms with Crippen molar-refractivity contribution in [2.24, 2.45) is 0 Å². The van der Waals surface area contributed by atoms with Crippen molar-refractivity contribution < 1.29 is 35.9 Å². The first kappa shape index (κ1) is 28.6. The number of hydrogen-bond acceptors (Lipinski definition) is 4. The largest absolute Gasteiger partial charge is 0.419 e. The third-order valence-electron chi connectivity index (χ3n) is 7.88. The van der Waals surface area contributed by atoms with Gasteiger partial charge < -0.3 is 5.32 Å². The molecule has 1 fully saturated rings. The van der Waals surface area contributed by atoms with Crippen molar-refractivity contribution in [3.63, 3.8) is 0 Å². The molecular weight excluding hydrogens is 574 g/mol. The lowest BCUT2D eigenvalue weighted by Crippen LogP contribution is -2.50. The summed E-state index contributed by atoms with van der Waals surface area (Å²) in [6.45, 7) is 1.69. The Labute approximate surface area is 241 Å². The van der Waals surface area contributed by atoms with E-state index in [0.717, 1.165) is 22.9 Å². The molecule has 1 aliphatic carbocycles. The summed E-state index contributed by atoms with van der Waals surface area (Å²) in [5.74, 6) is -5.40. The Morgan fingerprint density at radius 2 is 1.81 bits per heavy atom. The van der Waals surface area contributed by atoms with E-state index in [1.165, 1.54) is 10.7 Å². The number of aromatic nitrogens is 3. The standard InChI is InChI=1S/C31H24F6N4O2/c1-16-8-22-12-25(29(43)39-21-13-30(33,34)14-21)40-41(22)28(19-4-5-23(24(32)11-19)31(35,36)37)27(16)26(42)10-17-2-3-20-15-38-7-6-18(20)9-17/h2-7,9,11-12,15,21,28H,8,10,13-14H2,1H3,(H,39,43). The predicted molar refractivity (Wildman–Crippen MR) is 144 cm³/mol. The predicted octanol–water partition coefficient (Wildman–Crippen LogP) is 6.39. The lowest BCUT2D eigenvalue weighted by atomic mass is 9.85. The molecule has 1 unspecified atom stereocenters. The maximum absolute atomic E-state index is 14.8. The number of amides is 1. The molecule has 2 aromatic carbocycles. The normalized spacial score (nSPS) is 18.3. The minimum atomic E-state index is -4.92. The highest BCUT2D eigenvalue weighted by Gasteiger charge is 2.46. The summed E-state index contributed by atoms with van der Waals surface area (Å²) in [5, 5.41) is 8.61. The second kappa shape index (κ2) is 10.4. The summed E-state index contributed by atoms with van der Waals surface area (Å²) in [6, 6.07) is 9.26. The number of alkyl halides is 5. The first-order valence-corrected chi connectivity index (χ1v) is 13.5. The number of pyridine rings is 1. The molecule has 1 N–H and O–H groups in total. The van der Waals surface area contributed by atoms with Gasteiger partial charge in [-0.2, -0.15) is 18.3 Å². The molecule has 0 spiro atoms. The van der Waals surface area contributed by atoms with Crippen LogP contribution in [0.4, 0.5) is 26.3 Å². The molecule has 2 aromatic heterocycles. The highest BCUT2D eigenvalue weighted by atomic mass is 19.4. The number of hydrogen-bond donors (Lipinski definition) is 1. The Balaban J connectivity index is 1.37. The van der Waals surface area contributed by atoms with E-state index in [0.29, 0.717) is 22.9 Å². The van der Waals surface area contributed by atoms with E-state index in [1.54, 1.807) is 31.5 Å². The summed E-state index contributed by atoms with van der Waals surface area (Å²) in [4.78, 5) is 30.8. The van der Waals surface area contributed by atoms with Crippen LogP contribution in [0.3, 0.4) is 0 Å². The van der Waals surface area contributed by atoms with Gasteiger partial charge in [0.2, 0.25) is 0 Å². The lowest BCUT2D eigenvalue weighted by molar-refractivity contribution is -0.140. The molecule has 12 heteroatoms. The number of carbonyl (C=O) groups excluding carboxylic acids is 2. The Morgan fingerprint density at radius 3 is 2.51 bits per heavy atom. The third-order valence-corrected chi connectivity index (χ3v) is 7.88. The minimum absolute atomic E-state index is 0.0347. The fourth-order valence-electron chi connectivity index (χ4n) is 5.80. The van der Waals surface area contributed by atoms with E-state index in [9.17, 15) is 35.9 Å². The van der Waals surface area contributed by atoms with Crippen LogP contribution in [0.5, 0.6) is 0 Å². The van der Waals surface area contributed by atoms with Crippen LogP contribution in [0.15, 0.2) is 72.1 Å². The summed E-state index contributed by atoms with van der Waals surface area (Å²) in [5.41, 5.74) is 0.420. The molecule has 0 radical (unpaired) electrons. The van der Waals surface area contributed by atoms with Gasteiger partial charge in [-0.25, -0.2) is 13.2 Å². The number of nitrogens with one attached hydrogen (secondary N) is 1. The minimum Gasteiger partial charge on any atom is -0.347 e. The second-order valence-electron chi connectivity index (χ2n) is 11.1. The summed E-state index contributed by atoms with van der Waals surface area (Å²) < 4.78 is 82.7. The number of halogens is 6. The smallest absolute Gasteiger partial charge is 0.347 e. The molecule has 222 valence electrons. The van der Waals surface area contributed by atoms with Gasteiger partial charge >= 0.3 is 6.18 Å². The maximum Gasteiger partial charge on any atom is 0.419 e. The number of carbonyl (C=O) groups is 2. The van der Waals surface area contributed by atoms with Crippen molar-refractivity contribution in [2.45, 2.75) is 56.8 Å². The molecule has 43 heavy (non-hydrogen) atoms. The zero-order chi connectivity index (χ0) is 30.7. The maximum atomic E-state index is 14.8. The van der Waals surface area contributed by atoms with Crippen LogP contribution in [-0.4, -0.2) is 38.4 Å². The zero-order valence-corrected chi connectivity index (χ0v) is 22.7. The number of benzene rings is 2. The van der Waals surface area contributed by atoms with Crippen molar-refractivity contribution in [3.05, 3.63) is 106 Å². The van der Waals surface area contributed by atoms with Crippen LogP contribution < -0.4 is 5.32 Å². The van der Waals surface area contributed by atoms with Gasteiger partial charge in [-0.1, -0.05) is 29.8 Å². The topological polar surface area (TPSA) is 76.9 Å². The van der Waals surface area contributed by atoms with Crippen LogP contribution in [0.2, 0.25) is 0 Å². The highest BCUT2D eigenvalue weighted by molar-refractivity contribution is 6.00. The molecule has 6 nitrogen and oxygen atoms in total. The van der Waals surface area contributed by atoms with Crippen LogP contribution in [0.25, 0.3) is 10.8 Å². The molecule has 1 atom stereocenters. The fraction of sp³-hybridized carbons (Fsp3) is 0.290. The summed E-state index contributed by atoms with van der Waals surface area (Å²) in [7, 11) is 0. The molecule has 1 amide bonds. The molecule has 6 rings (SSSR count). The first-order valence-electron chi connectivity index (χ1n) is 13.5. The number of rotatable bonds is 6.